The molecule has 0 atom stereocenters. The number of nitrogens with zero attached hydrogens (tertiary/aromatic N) is 3. The summed E-state index contributed by atoms with van der Waals surface area (Å²) in [5.74, 6) is 0.350. The van der Waals surface area contributed by atoms with E-state index in [9.17, 15) is 9.59 Å². The van der Waals surface area contributed by atoms with Crippen LogP contribution >= 0.6 is 0 Å². The molecule has 4 rings (SSSR count). The molecular formula is C23H24N6O2. The van der Waals surface area contributed by atoms with Crippen LogP contribution < -0.4 is 16.3 Å². The van der Waals surface area contributed by atoms with Crippen LogP contribution in [-0.2, 0) is 6.42 Å². The summed E-state index contributed by atoms with van der Waals surface area (Å²) in [7, 11) is 0. The van der Waals surface area contributed by atoms with Crippen molar-refractivity contribution in [3.63, 3.8) is 0 Å². The maximum atomic E-state index is 12.6. The summed E-state index contributed by atoms with van der Waals surface area (Å²) in [6.45, 7) is 4.51. The van der Waals surface area contributed by atoms with Gasteiger partial charge in [0.15, 0.2) is 5.82 Å². The summed E-state index contributed by atoms with van der Waals surface area (Å²) in [4.78, 5) is 29.4. The van der Waals surface area contributed by atoms with Crippen molar-refractivity contribution in [1.29, 1.82) is 0 Å². The number of aromatic nitrogens is 4. The normalized spacial score (nSPS) is 11.1. The number of carbonyl (C=O) groups excluding carboxylic acids is 1. The molecule has 0 aliphatic carbocycles. The number of nitrogens with one attached hydrogen (secondary N) is 3. The molecule has 0 bridgehead atoms. The van der Waals surface area contributed by atoms with Crippen molar-refractivity contribution in [1.82, 2.24) is 24.9 Å². The van der Waals surface area contributed by atoms with E-state index in [1.165, 1.54) is 9.96 Å². The lowest BCUT2D eigenvalue weighted by Gasteiger charge is -2.12. The van der Waals surface area contributed by atoms with Crippen LogP contribution in [0.4, 0.5) is 5.82 Å². The highest BCUT2D eigenvalue weighted by Crippen LogP contribution is 2.22. The van der Waals surface area contributed by atoms with Gasteiger partial charge in [-0.15, -0.1) is 5.10 Å². The van der Waals surface area contributed by atoms with E-state index < -0.39 is 0 Å². The molecule has 8 nitrogen and oxygen atoms in total. The van der Waals surface area contributed by atoms with Gasteiger partial charge in [0.25, 0.3) is 5.91 Å². The lowest BCUT2D eigenvalue weighted by molar-refractivity contribution is 0.0954. The molecule has 0 saturated carbocycles. The largest absolute Gasteiger partial charge is 0.365 e. The van der Waals surface area contributed by atoms with Crippen molar-refractivity contribution < 1.29 is 4.79 Å². The maximum Gasteiger partial charge on any atom is 0.347 e. The smallest absolute Gasteiger partial charge is 0.347 e. The molecular weight excluding hydrogens is 392 g/mol. The topological polar surface area (TPSA) is 104 Å². The average molecular weight is 416 g/mol. The van der Waals surface area contributed by atoms with Gasteiger partial charge < -0.3 is 10.6 Å². The molecule has 0 fully saturated rings. The van der Waals surface area contributed by atoms with E-state index in [-0.39, 0.29) is 17.6 Å². The minimum absolute atomic E-state index is 0.111. The molecule has 1 amide bonds. The molecule has 31 heavy (non-hydrogen) atoms. The quantitative estimate of drug-likeness (QED) is 0.430. The Kier molecular flexibility index (Phi) is 5.79. The lowest BCUT2D eigenvalue weighted by Crippen LogP contribution is -2.25. The van der Waals surface area contributed by atoms with E-state index in [0.29, 0.717) is 29.3 Å². The van der Waals surface area contributed by atoms with Crippen LogP contribution in [0, 0.1) is 0 Å². The van der Waals surface area contributed by atoms with Crippen molar-refractivity contribution in [2.45, 2.75) is 26.3 Å². The fourth-order valence-electron chi connectivity index (χ4n) is 3.31. The van der Waals surface area contributed by atoms with Gasteiger partial charge in [0.05, 0.1) is 5.69 Å². The second-order valence-electron chi connectivity index (χ2n) is 7.57. The molecule has 8 heteroatoms. The molecule has 2 heterocycles. The van der Waals surface area contributed by atoms with E-state index >= 15 is 0 Å². The van der Waals surface area contributed by atoms with Gasteiger partial charge in [-0.05, 0) is 38.0 Å². The third-order valence-corrected chi connectivity index (χ3v) is 4.79. The number of H-pyrrole nitrogens is 1. The minimum Gasteiger partial charge on any atom is -0.365 e. The predicted octanol–water partition coefficient (Wildman–Crippen LogP) is 2.88. The summed E-state index contributed by atoms with van der Waals surface area (Å²) < 4.78 is 1.42. The van der Waals surface area contributed by atoms with Gasteiger partial charge in [-0.25, -0.2) is 19.3 Å². The number of carbonyl (C=O) groups is 1. The Bertz CT molecular complexity index is 1260. The molecule has 2 aromatic heterocycles. The third kappa shape index (κ3) is 4.63. The maximum absolute atomic E-state index is 12.6. The van der Waals surface area contributed by atoms with Crippen LogP contribution in [0.1, 0.15) is 29.8 Å². The zero-order chi connectivity index (χ0) is 21.8. The Morgan fingerprint density at radius 1 is 1.13 bits per heavy atom. The summed E-state index contributed by atoms with van der Waals surface area (Å²) in [5, 5.41) is 12.7. The number of aromatic amines is 1. The monoisotopic (exact) mass is 416 g/mol. The SMILES string of the molecule is CC(C)Nc1nc(-c2cccc(C(=O)NCCc3ccccc3)c2)cn2c(=O)[nH]nc12. The first-order chi connectivity index (χ1) is 15.0. The summed E-state index contributed by atoms with van der Waals surface area (Å²) >= 11 is 0. The molecule has 0 aliphatic heterocycles. The van der Waals surface area contributed by atoms with E-state index in [1.54, 1.807) is 24.4 Å². The van der Waals surface area contributed by atoms with E-state index in [0.717, 1.165) is 12.0 Å². The lowest BCUT2D eigenvalue weighted by atomic mass is 10.1. The van der Waals surface area contributed by atoms with Crippen LogP contribution in [0.3, 0.4) is 0 Å². The fraction of sp³-hybridized carbons (Fsp3) is 0.217. The average Bonchev–Trinajstić information content (AvgIpc) is 3.15. The van der Waals surface area contributed by atoms with Crippen LogP contribution in [-0.4, -0.2) is 38.1 Å². The summed E-state index contributed by atoms with van der Waals surface area (Å²) in [5.41, 5.74) is 3.09. The zero-order valence-corrected chi connectivity index (χ0v) is 17.4. The first-order valence-corrected chi connectivity index (χ1v) is 10.2. The molecule has 4 aromatic rings. The van der Waals surface area contributed by atoms with Crippen molar-refractivity contribution in [2.24, 2.45) is 0 Å². The number of hydrogen-bond acceptors (Lipinski definition) is 5. The standard InChI is InChI=1S/C23H24N6O2/c1-15(2)25-20-21-27-28-23(31)29(21)14-19(26-20)17-9-6-10-18(13-17)22(30)24-12-11-16-7-4-3-5-8-16/h3-10,13-15H,11-12H2,1-2H3,(H,24,30)(H,25,26)(H,28,31). The zero-order valence-electron chi connectivity index (χ0n) is 17.4. The van der Waals surface area contributed by atoms with Crippen LogP contribution in [0.2, 0.25) is 0 Å². The van der Waals surface area contributed by atoms with E-state index in [4.69, 9.17) is 0 Å². The molecule has 0 saturated heterocycles. The molecule has 0 radical (unpaired) electrons. The number of hydrogen-bond donors (Lipinski definition) is 3. The van der Waals surface area contributed by atoms with Crippen LogP contribution in [0.5, 0.6) is 0 Å². The van der Waals surface area contributed by atoms with E-state index in [2.05, 4.69) is 25.8 Å². The molecule has 0 spiro atoms. The molecule has 0 unspecified atom stereocenters. The molecule has 2 aromatic carbocycles. The van der Waals surface area contributed by atoms with Gasteiger partial charge in [0, 0.05) is 29.9 Å². The second kappa shape index (κ2) is 8.83. The Morgan fingerprint density at radius 2 is 1.94 bits per heavy atom. The van der Waals surface area contributed by atoms with Crippen LogP contribution in [0.15, 0.2) is 65.6 Å². The highest BCUT2D eigenvalue weighted by molar-refractivity contribution is 5.95. The third-order valence-electron chi connectivity index (χ3n) is 4.79. The number of rotatable bonds is 7. The molecule has 3 N–H and O–H groups in total. The van der Waals surface area contributed by atoms with E-state index in [1.807, 2.05) is 50.2 Å². The number of amides is 1. The Hall–Kier alpha value is -3.94. The van der Waals surface area contributed by atoms with Gasteiger partial charge >= 0.3 is 5.69 Å². The van der Waals surface area contributed by atoms with Crippen molar-refractivity contribution in [2.75, 3.05) is 11.9 Å². The first kappa shape index (κ1) is 20.3. The first-order valence-electron chi connectivity index (χ1n) is 10.2. The Labute approximate surface area is 179 Å². The predicted molar refractivity (Wildman–Crippen MR) is 120 cm³/mol. The summed E-state index contributed by atoms with van der Waals surface area (Å²) in [6.07, 6.45) is 2.39. The molecule has 158 valence electrons. The highest BCUT2D eigenvalue weighted by atomic mass is 16.2. The second-order valence-corrected chi connectivity index (χ2v) is 7.57. The van der Waals surface area contributed by atoms with Gasteiger partial charge in [-0.1, -0.05) is 42.5 Å². The van der Waals surface area contributed by atoms with Gasteiger partial charge in [-0.2, -0.15) is 0 Å². The fourth-order valence-corrected chi connectivity index (χ4v) is 3.31. The number of benzene rings is 2. The van der Waals surface area contributed by atoms with Gasteiger partial charge in [0.1, 0.15) is 0 Å². The van der Waals surface area contributed by atoms with Crippen molar-refractivity contribution in [3.05, 3.63) is 82.4 Å². The van der Waals surface area contributed by atoms with Gasteiger partial charge in [-0.3, -0.25) is 4.79 Å². The van der Waals surface area contributed by atoms with Crippen molar-refractivity contribution in [3.8, 4) is 11.3 Å². The summed E-state index contributed by atoms with van der Waals surface area (Å²) in [6, 6.07) is 17.3. The Morgan fingerprint density at radius 3 is 2.71 bits per heavy atom. The van der Waals surface area contributed by atoms with Crippen LogP contribution in [0.25, 0.3) is 16.9 Å². The van der Waals surface area contributed by atoms with Crippen molar-refractivity contribution >= 4 is 17.4 Å². The number of fused-ring (bicyclic) bond motifs is 1. The molecule has 0 aliphatic rings. The van der Waals surface area contributed by atoms with Gasteiger partial charge in [0.2, 0.25) is 5.65 Å². The number of anilines is 1. The highest BCUT2D eigenvalue weighted by Gasteiger charge is 2.14. The Balaban J connectivity index is 1.57. The minimum atomic E-state index is -0.347.